The number of benzene rings is 1. The molecule has 0 saturated carbocycles. The maximum Gasteiger partial charge on any atom is 0.417 e. The minimum absolute atomic E-state index is 0.0317. The van der Waals surface area contributed by atoms with E-state index in [4.69, 9.17) is 10.8 Å². The number of hydrogen-bond donors (Lipinski definition) is 2. The molecular weight excluding hydrogens is 340 g/mol. The van der Waals surface area contributed by atoms with Crippen molar-refractivity contribution in [3.63, 3.8) is 0 Å². The Morgan fingerprint density at radius 1 is 1.12 bits per heavy atom. The van der Waals surface area contributed by atoms with E-state index in [0.717, 1.165) is 6.07 Å². The Hall–Kier alpha value is -1.77. The van der Waals surface area contributed by atoms with Crippen LogP contribution in [0.2, 0.25) is 0 Å². The molecule has 136 valence electrons. The van der Waals surface area contributed by atoms with Crippen LogP contribution < -0.4 is 5.73 Å². The van der Waals surface area contributed by atoms with E-state index in [1.165, 1.54) is 6.92 Å². The third kappa shape index (κ3) is 4.62. The van der Waals surface area contributed by atoms with Crippen molar-refractivity contribution in [2.45, 2.75) is 50.5 Å². The maximum absolute atomic E-state index is 13.0. The van der Waals surface area contributed by atoms with Gasteiger partial charge in [0.25, 0.3) is 0 Å². The highest BCUT2D eigenvalue weighted by molar-refractivity contribution is 5.77. The molecule has 0 heterocycles. The van der Waals surface area contributed by atoms with Crippen molar-refractivity contribution < 1.29 is 36.2 Å². The molecule has 2 unspecified atom stereocenters. The standard InChI is InChI=1S/C15H17F6NO2/c1-3-8(7-13(2,22)12(23)24)9-4-5-10(14(16,17)18)11(6-9)15(19,20)21/h4-6,8H,3,7,22H2,1-2H3,(H,23,24). The molecule has 0 aliphatic heterocycles. The van der Waals surface area contributed by atoms with Gasteiger partial charge in [-0.15, -0.1) is 0 Å². The Bertz CT molecular complexity index is 607. The van der Waals surface area contributed by atoms with Gasteiger partial charge in [0.05, 0.1) is 11.1 Å². The van der Waals surface area contributed by atoms with Crippen LogP contribution in [0.25, 0.3) is 0 Å². The number of alkyl halides is 6. The van der Waals surface area contributed by atoms with E-state index < -0.39 is 40.9 Å². The van der Waals surface area contributed by atoms with E-state index in [1.807, 2.05) is 0 Å². The SMILES string of the molecule is CCC(CC(C)(N)C(=O)O)c1ccc(C(F)(F)F)c(C(F)(F)F)c1. The predicted octanol–water partition coefficient (Wildman–Crippen LogP) is 4.41. The summed E-state index contributed by atoms with van der Waals surface area (Å²) >= 11 is 0. The monoisotopic (exact) mass is 357 g/mol. The maximum atomic E-state index is 13.0. The molecule has 2 atom stereocenters. The highest BCUT2D eigenvalue weighted by Gasteiger charge is 2.43. The van der Waals surface area contributed by atoms with Gasteiger partial charge in [0.2, 0.25) is 0 Å². The third-order valence-electron chi connectivity index (χ3n) is 3.78. The highest BCUT2D eigenvalue weighted by Crippen LogP contribution is 2.42. The van der Waals surface area contributed by atoms with Gasteiger partial charge in [0, 0.05) is 0 Å². The van der Waals surface area contributed by atoms with Crippen LogP contribution in [0.15, 0.2) is 18.2 Å². The summed E-state index contributed by atoms with van der Waals surface area (Å²) in [5.41, 5.74) is 0.289. The van der Waals surface area contributed by atoms with Crippen molar-refractivity contribution in [1.29, 1.82) is 0 Å². The normalized spacial score (nSPS) is 16.5. The quantitative estimate of drug-likeness (QED) is 0.768. The molecular formula is C15H17F6NO2. The highest BCUT2D eigenvalue weighted by atomic mass is 19.4. The van der Waals surface area contributed by atoms with Gasteiger partial charge >= 0.3 is 18.3 Å². The first-order chi connectivity index (χ1) is 10.7. The average molecular weight is 357 g/mol. The number of nitrogens with two attached hydrogens (primary N) is 1. The second-order valence-electron chi connectivity index (χ2n) is 5.83. The Morgan fingerprint density at radius 3 is 2.00 bits per heavy atom. The molecule has 0 bridgehead atoms. The average Bonchev–Trinajstić information content (AvgIpc) is 2.42. The van der Waals surface area contributed by atoms with Crippen molar-refractivity contribution in [1.82, 2.24) is 0 Å². The van der Waals surface area contributed by atoms with Crippen molar-refractivity contribution in [2.24, 2.45) is 5.73 Å². The zero-order valence-electron chi connectivity index (χ0n) is 12.9. The van der Waals surface area contributed by atoms with Crippen LogP contribution in [-0.4, -0.2) is 16.6 Å². The summed E-state index contributed by atoms with van der Waals surface area (Å²) in [6.07, 6.45) is -10.3. The molecule has 0 saturated heterocycles. The zero-order valence-corrected chi connectivity index (χ0v) is 12.9. The molecule has 24 heavy (non-hydrogen) atoms. The Balaban J connectivity index is 3.37. The second kappa shape index (κ2) is 6.62. The number of carboxylic acids is 1. The summed E-state index contributed by atoms with van der Waals surface area (Å²) in [6, 6.07) is 1.73. The van der Waals surface area contributed by atoms with Crippen molar-refractivity contribution in [2.75, 3.05) is 0 Å². The summed E-state index contributed by atoms with van der Waals surface area (Å²) < 4.78 is 77.2. The molecule has 0 fully saturated rings. The lowest BCUT2D eigenvalue weighted by molar-refractivity contribution is -0.162. The number of carbonyl (C=O) groups is 1. The molecule has 1 aromatic carbocycles. The molecule has 0 spiro atoms. The Kier molecular flexibility index (Phi) is 5.59. The topological polar surface area (TPSA) is 63.3 Å². The summed E-state index contributed by atoms with van der Waals surface area (Å²) in [5, 5.41) is 9.01. The van der Waals surface area contributed by atoms with E-state index in [0.29, 0.717) is 12.1 Å². The molecule has 9 heteroatoms. The summed E-state index contributed by atoms with van der Waals surface area (Å²) in [4.78, 5) is 11.1. The summed E-state index contributed by atoms with van der Waals surface area (Å²) in [5.74, 6) is -2.07. The molecule has 0 aliphatic carbocycles. The molecule has 3 N–H and O–H groups in total. The number of rotatable bonds is 5. The van der Waals surface area contributed by atoms with E-state index in [-0.39, 0.29) is 18.4 Å². The molecule has 0 aromatic heterocycles. The molecule has 0 amide bonds. The van der Waals surface area contributed by atoms with Crippen LogP contribution in [-0.2, 0) is 17.1 Å². The summed E-state index contributed by atoms with van der Waals surface area (Å²) in [7, 11) is 0. The van der Waals surface area contributed by atoms with Crippen molar-refractivity contribution in [3.05, 3.63) is 34.9 Å². The fourth-order valence-electron chi connectivity index (χ4n) is 2.39. The van der Waals surface area contributed by atoms with Crippen LogP contribution in [0.1, 0.15) is 49.3 Å². The van der Waals surface area contributed by atoms with E-state index in [1.54, 1.807) is 6.92 Å². The molecule has 1 rings (SSSR count). The van der Waals surface area contributed by atoms with Gasteiger partial charge in [-0.05, 0) is 43.4 Å². The van der Waals surface area contributed by atoms with Gasteiger partial charge in [-0.2, -0.15) is 26.3 Å². The van der Waals surface area contributed by atoms with Crippen LogP contribution in [0.4, 0.5) is 26.3 Å². The Morgan fingerprint density at radius 2 is 1.62 bits per heavy atom. The number of carboxylic acid groups (broad SMARTS) is 1. The van der Waals surface area contributed by atoms with E-state index in [2.05, 4.69) is 0 Å². The van der Waals surface area contributed by atoms with Crippen LogP contribution in [0, 0.1) is 0 Å². The molecule has 3 nitrogen and oxygen atoms in total. The van der Waals surface area contributed by atoms with Gasteiger partial charge in [-0.3, -0.25) is 4.79 Å². The second-order valence-corrected chi connectivity index (χ2v) is 5.83. The van der Waals surface area contributed by atoms with Gasteiger partial charge in [-0.1, -0.05) is 13.0 Å². The number of hydrogen-bond acceptors (Lipinski definition) is 2. The fourth-order valence-corrected chi connectivity index (χ4v) is 2.39. The van der Waals surface area contributed by atoms with Crippen molar-refractivity contribution >= 4 is 5.97 Å². The van der Waals surface area contributed by atoms with Crippen LogP contribution in [0.5, 0.6) is 0 Å². The lowest BCUT2D eigenvalue weighted by atomic mass is 9.83. The Labute approximate surface area is 134 Å². The van der Waals surface area contributed by atoms with E-state index in [9.17, 15) is 31.1 Å². The predicted molar refractivity (Wildman–Crippen MR) is 74.3 cm³/mol. The third-order valence-corrected chi connectivity index (χ3v) is 3.78. The molecule has 0 radical (unpaired) electrons. The van der Waals surface area contributed by atoms with Crippen LogP contribution in [0.3, 0.4) is 0 Å². The smallest absolute Gasteiger partial charge is 0.417 e. The fraction of sp³-hybridized carbons (Fsp3) is 0.533. The number of aliphatic carboxylic acids is 1. The number of halogens is 6. The lowest BCUT2D eigenvalue weighted by Crippen LogP contribution is -2.46. The van der Waals surface area contributed by atoms with Crippen LogP contribution >= 0.6 is 0 Å². The zero-order chi connectivity index (χ0) is 18.9. The molecule has 0 aliphatic rings. The van der Waals surface area contributed by atoms with Gasteiger partial charge in [0.1, 0.15) is 5.54 Å². The molecule has 1 aromatic rings. The lowest BCUT2D eigenvalue weighted by Gasteiger charge is -2.26. The first-order valence-corrected chi connectivity index (χ1v) is 7.00. The minimum Gasteiger partial charge on any atom is -0.480 e. The minimum atomic E-state index is -5.18. The van der Waals surface area contributed by atoms with Gasteiger partial charge < -0.3 is 10.8 Å². The van der Waals surface area contributed by atoms with Crippen molar-refractivity contribution in [3.8, 4) is 0 Å². The van der Waals surface area contributed by atoms with E-state index >= 15 is 0 Å². The van der Waals surface area contributed by atoms with Gasteiger partial charge in [0.15, 0.2) is 0 Å². The largest absolute Gasteiger partial charge is 0.480 e. The summed E-state index contributed by atoms with van der Waals surface area (Å²) in [6.45, 7) is 2.79. The first kappa shape index (κ1) is 20.3. The first-order valence-electron chi connectivity index (χ1n) is 7.00. The van der Waals surface area contributed by atoms with Gasteiger partial charge in [-0.25, -0.2) is 0 Å².